The fraction of sp³-hybridized carbons (Fsp3) is 0.600. The van der Waals surface area contributed by atoms with E-state index in [1.54, 1.807) is 0 Å². The molecule has 1 aliphatic rings. The van der Waals surface area contributed by atoms with Crippen molar-refractivity contribution in [3.05, 3.63) is 28.8 Å². The molecule has 0 saturated carbocycles. The van der Waals surface area contributed by atoms with Crippen molar-refractivity contribution in [2.75, 3.05) is 18.5 Å². The summed E-state index contributed by atoms with van der Waals surface area (Å²) < 4.78 is 0. The van der Waals surface area contributed by atoms with Crippen molar-refractivity contribution in [2.45, 2.75) is 45.2 Å². The van der Waals surface area contributed by atoms with Gasteiger partial charge in [-0.1, -0.05) is 24.6 Å². The molecule has 3 heteroatoms. The molecule has 1 fully saturated rings. The van der Waals surface area contributed by atoms with Crippen molar-refractivity contribution in [2.24, 2.45) is 0 Å². The van der Waals surface area contributed by atoms with Crippen LogP contribution >= 0.6 is 11.6 Å². The zero-order chi connectivity index (χ0) is 13.0. The third kappa shape index (κ3) is 2.99. The van der Waals surface area contributed by atoms with Gasteiger partial charge in [0.05, 0.1) is 0 Å². The zero-order valence-electron chi connectivity index (χ0n) is 11.4. The van der Waals surface area contributed by atoms with Crippen molar-refractivity contribution < 1.29 is 0 Å². The second-order valence-electron chi connectivity index (χ2n) is 5.05. The number of nitrogens with zero attached hydrogens (tertiary/aromatic N) is 1. The van der Waals surface area contributed by atoms with Crippen molar-refractivity contribution in [1.82, 2.24) is 5.32 Å². The fourth-order valence-corrected chi connectivity index (χ4v) is 3.05. The molecule has 0 spiro atoms. The Morgan fingerprint density at radius 1 is 1.39 bits per heavy atom. The average molecular weight is 267 g/mol. The Kier molecular flexibility index (Phi) is 4.90. The molecule has 1 aliphatic heterocycles. The van der Waals surface area contributed by atoms with Gasteiger partial charge in [-0.3, -0.25) is 0 Å². The summed E-state index contributed by atoms with van der Waals surface area (Å²) >= 11 is 6.18. The van der Waals surface area contributed by atoms with E-state index < -0.39 is 0 Å². The van der Waals surface area contributed by atoms with Crippen LogP contribution in [0.2, 0.25) is 5.02 Å². The summed E-state index contributed by atoms with van der Waals surface area (Å²) in [5, 5.41) is 4.08. The maximum Gasteiger partial charge on any atom is 0.0429 e. The normalized spacial score (nSPS) is 20.2. The molecular formula is C15H23ClN2. The van der Waals surface area contributed by atoms with Crippen LogP contribution in [0.1, 0.15) is 38.2 Å². The maximum atomic E-state index is 6.18. The fourth-order valence-electron chi connectivity index (χ4n) is 2.89. The van der Waals surface area contributed by atoms with Crippen molar-refractivity contribution >= 4 is 17.3 Å². The van der Waals surface area contributed by atoms with Crippen molar-refractivity contribution in [3.8, 4) is 0 Å². The van der Waals surface area contributed by atoms with E-state index in [4.69, 9.17) is 11.6 Å². The number of piperidine rings is 1. The van der Waals surface area contributed by atoms with Gasteiger partial charge in [-0.05, 0) is 50.4 Å². The highest BCUT2D eigenvalue weighted by Crippen LogP contribution is 2.31. The van der Waals surface area contributed by atoms with Gasteiger partial charge in [0.15, 0.2) is 0 Å². The number of rotatable bonds is 4. The number of anilines is 1. The van der Waals surface area contributed by atoms with Gasteiger partial charge in [0, 0.05) is 29.8 Å². The first-order valence-corrected chi connectivity index (χ1v) is 7.33. The number of hydrogen-bond acceptors (Lipinski definition) is 2. The highest BCUT2D eigenvalue weighted by Gasteiger charge is 2.22. The van der Waals surface area contributed by atoms with Crippen LogP contribution in [0.25, 0.3) is 0 Å². The lowest BCUT2D eigenvalue weighted by Gasteiger charge is -2.38. The topological polar surface area (TPSA) is 15.3 Å². The molecule has 0 radical (unpaired) electrons. The van der Waals surface area contributed by atoms with Gasteiger partial charge in [0.1, 0.15) is 0 Å². The summed E-state index contributed by atoms with van der Waals surface area (Å²) in [6.45, 7) is 4.35. The molecule has 2 nitrogen and oxygen atoms in total. The van der Waals surface area contributed by atoms with Crippen LogP contribution < -0.4 is 10.2 Å². The molecule has 18 heavy (non-hydrogen) atoms. The molecule has 100 valence electrons. The van der Waals surface area contributed by atoms with E-state index in [1.807, 2.05) is 13.1 Å². The zero-order valence-corrected chi connectivity index (χ0v) is 12.1. The van der Waals surface area contributed by atoms with E-state index in [0.29, 0.717) is 6.04 Å². The molecule has 1 unspecified atom stereocenters. The first-order chi connectivity index (χ1) is 8.76. The molecule has 1 aromatic carbocycles. The minimum Gasteiger partial charge on any atom is -0.368 e. The van der Waals surface area contributed by atoms with Gasteiger partial charge < -0.3 is 10.2 Å². The molecule has 1 saturated heterocycles. The summed E-state index contributed by atoms with van der Waals surface area (Å²) in [5.41, 5.74) is 2.67. The Morgan fingerprint density at radius 2 is 2.22 bits per heavy atom. The van der Waals surface area contributed by atoms with Gasteiger partial charge in [-0.25, -0.2) is 0 Å². The van der Waals surface area contributed by atoms with E-state index in [-0.39, 0.29) is 0 Å². The average Bonchev–Trinajstić information content (AvgIpc) is 2.41. The molecule has 1 N–H and O–H groups in total. The highest BCUT2D eigenvalue weighted by atomic mass is 35.5. The minimum atomic E-state index is 0.674. The summed E-state index contributed by atoms with van der Waals surface area (Å²) in [4.78, 5) is 2.56. The molecule has 2 rings (SSSR count). The quantitative estimate of drug-likeness (QED) is 0.891. The predicted molar refractivity (Wildman–Crippen MR) is 79.5 cm³/mol. The molecule has 0 amide bonds. The summed E-state index contributed by atoms with van der Waals surface area (Å²) in [6.07, 6.45) is 5.17. The standard InChI is InChI=1S/C15H23ClN2/c1-3-14-6-4-5-9-18(14)15-10-13(16)8-7-12(15)11-17-2/h7-8,10,14,17H,3-6,9,11H2,1-2H3. The van der Waals surface area contributed by atoms with Gasteiger partial charge >= 0.3 is 0 Å². The molecule has 0 aromatic heterocycles. The van der Waals surface area contributed by atoms with E-state index in [0.717, 1.165) is 18.1 Å². The minimum absolute atomic E-state index is 0.674. The molecular weight excluding hydrogens is 244 g/mol. The number of nitrogens with one attached hydrogen (secondary N) is 1. The summed E-state index contributed by atoms with van der Waals surface area (Å²) in [7, 11) is 1.99. The van der Waals surface area contributed by atoms with Gasteiger partial charge in [0.2, 0.25) is 0 Å². The Balaban J connectivity index is 2.31. The number of halogens is 1. The van der Waals surface area contributed by atoms with Crippen LogP contribution in [0.5, 0.6) is 0 Å². The second kappa shape index (κ2) is 6.44. The SMILES string of the molecule is CCC1CCCCN1c1cc(Cl)ccc1CNC. The van der Waals surface area contributed by atoms with Crippen LogP contribution in [-0.4, -0.2) is 19.6 Å². The lowest BCUT2D eigenvalue weighted by Crippen LogP contribution is -2.39. The molecule has 1 heterocycles. The third-order valence-corrected chi connectivity index (χ3v) is 4.06. The first kappa shape index (κ1) is 13.7. The Morgan fingerprint density at radius 3 is 2.94 bits per heavy atom. The summed E-state index contributed by atoms with van der Waals surface area (Å²) in [5.74, 6) is 0. The number of benzene rings is 1. The van der Waals surface area contributed by atoms with Crippen LogP contribution in [0.4, 0.5) is 5.69 Å². The Hall–Kier alpha value is -0.730. The third-order valence-electron chi connectivity index (χ3n) is 3.82. The summed E-state index contributed by atoms with van der Waals surface area (Å²) in [6, 6.07) is 6.94. The van der Waals surface area contributed by atoms with E-state index in [9.17, 15) is 0 Å². The van der Waals surface area contributed by atoms with Crippen LogP contribution in [0.15, 0.2) is 18.2 Å². The lowest BCUT2D eigenvalue weighted by molar-refractivity contribution is 0.449. The molecule has 0 bridgehead atoms. The van der Waals surface area contributed by atoms with E-state index >= 15 is 0 Å². The largest absolute Gasteiger partial charge is 0.368 e. The van der Waals surface area contributed by atoms with Crippen LogP contribution in [-0.2, 0) is 6.54 Å². The Labute approximate surface area is 115 Å². The highest BCUT2D eigenvalue weighted by molar-refractivity contribution is 6.30. The van der Waals surface area contributed by atoms with E-state index in [1.165, 1.54) is 36.9 Å². The molecule has 1 atom stereocenters. The maximum absolute atomic E-state index is 6.18. The first-order valence-electron chi connectivity index (χ1n) is 6.96. The monoisotopic (exact) mass is 266 g/mol. The second-order valence-corrected chi connectivity index (χ2v) is 5.49. The Bertz CT molecular complexity index is 392. The number of hydrogen-bond donors (Lipinski definition) is 1. The van der Waals surface area contributed by atoms with Gasteiger partial charge in [-0.15, -0.1) is 0 Å². The smallest absolute Gasteiger partial charge is 0.0429 e. The van der Waals surface area contributed by atoms with Crippen LogP contribution in [0.3, 0.4) is 0 Å². The molecule has 1 aromatic rings. The van der Waals surface area contributed by atoms with Crippen molar-refractivity contribution in [3.63, 3.8) is 0 Å². The molecule has 0 aliphatic carbocycles. The lowest BCUT2D eigenvalue weighted by atomic mass is 9.98. The predicted octanol–water partition coefficient (Wildman–Crippen LogP) is 3.83. The van der Waals surface area contributed by atoms with E-state index in [2.05, 4.69) is 29.3 Å². The van der Waals surface area contributed by atoms with Crippen molar-refractivity contribution in [1.29, 1.82) is 0 Å². The van der Waals surface area contributed by atoms with Gasteiger partial charge in [-0.2, -0.15) is 0 Å². The van der Waals surface area contributed by atoms with Gasteiger partial charge in [0.25, 0.3) is 0 Å². The van der Waals surface area contributed by atoms with Crippen LogP contribution in [0, 0.1) is 0 Å².